The first kappa shape index (κ1) is 23.8. The van der Waals surface area contributed by atoms with Crippen LogP contribution in [0.3, 0.4) is 0 Å². The lowest BCUT2D eigenvalue weighted by Crippen LogP contribution is -2.42. The zero-order valence-corrected chi connectivity index (χ0v) is 20.5. The van der Waals surface area contributed by atoms with Gasteiger partial charge in [-0.1, -0.05) is 42.5 Å². The average molecular weight is 494 g/mol. The maximum Gasteiger partial charge on any atom is 0.243 e. The Kier molecular flexibility index (Phi) is 7.04. The Balaban J connectivity index is 1.13. The number of hydrogen-bond donors (Lipinski definition) is 1. The van der Waals surface area contributed by atoms with Crippen molar-refractivity contribution in [1.29, 1.82) is 0 Å². The second-order valence-electron chi connectivity index (χ2n) is 9.17. The first-order chi connectivity index (χ1) is 17.0. The smallest absolute Gasteiger partial charge is 0.243 e. The van der Waals surface area contributed by atoms with E-state index >= 15 is 0 Å². The minimum atomic E-state index is -3.58. The van der Waals surface area contributed by atoms with Crippen LogP contribution in [0.15, 0.2) is 71.6 Å². The predicted molar refractivity (Wildman–Crippen MR) is 137 cm³/mol. The minimum absolute atomic E-state index is 0.00925. The van der Waals surface area contributed by atoms with Crippen LogP contribution in [0.5, 0.6) is 0 Å². The van der Waals surface area contributed by atoms with Crippen LogP contribution in [-0.4, -0.2) is 58.0 Å². The van der Waals surface area contributed by atoms with Crippen molar-refractivity contribution in [2.24, 2.45) is 5.92 Å². The van der Waals surface area contributed by atoms with Gasteiger partial charge in [0.2, 0.25) is 15.9 Å². The third kappa shape index (κ3) is 5.34. The van der Waals surface area contributed by atoms with Gasteiger partial charge in [-0.05, 0) is 53.4 Å². The summed E-state index contributed by atoms with van der Waals surface area (Å²) >= 11 is 0. The number of sulfonamides is 1. The Hall–Kier alpha value is -2.94. The van der Waals surface area contributed by atoms with E-state index in [2.05, 4.69) is 22.3 Å². The Morgan fingerprint density at radius 3 is 2.29 bits per heavy atom. The summed E-state index contributed by atoms with van der Waals surface area (Å²) < 4.78 is 33.3. The van der Waals surface area contributed by atoms with E-state index in [4.69, 9.17) is 4.74 Å². The largest absolute Gasteiger partial charge is 0.378 e. The van der Waals surface area contributed by atoms with E-state index < -0.39 is 10.0 Å². The molecule has 2 fully saturated rings. The fraction of sp³-hybridized carbons (Fsp3) is 0.370. The number of fused-ring (bicyclic) bond motifs is 1. The predicted octanol–water partition coefficient (Wildman–Crippen LogP) is 3.39. The summed E-state index contributed by atoms with van der Waals surface area (Å²) in [5, 5.41) is 4.95. The van der Waals surface area contributed by atoms with E-state index in [1.165, 1.54) is 9.99 Å². The van der Waals surface area contributed by atoms with E-state index in [1.54, 1.807) is 12.1 Å². The molecular formula is C27H31N3O4S. The third-order valence-corrected chi connectivity index (χ3v) is 8.86. The molecule has 0 bridgehead atoms. The second kappa shape index (κ2) is 10.4. The van der Waals surface area contributed by atoms with Crippen molar-refractivity contribution in [1.82, 2.24) is 9.62 Å². The van der Waals surface area contributed by atoms with E-state index in [9.17, 15) is 13.2 Å². The van der Waals surface area contributed by atoms with Crippen molar-refractivity contribution < 1.29 is 17.9 Å². The fourth-order valence-corrected chi connectivity index (χ4v) is 6.32. The number of benzene rings is 3. The fourth-order valence-electron chi connectivity index (χ4n) is 4.81. The van der Waals surface area contributed by atoms with Gasteiger partial charge in [-0.25, -0.2) is 8.42 Å². The van der Waals surface area contributed by atoms with Crippen LogP contribution in [0, 0.1) is 5.92 Å². The van der Waals surface area contributed by atoms with Gasteiger partial charge in [-0.15, -0.1) is 0 Å². The zero-order chi connectivity index (χ0) is 24.3. The summed E-state index contributed by atoms with van der Waals surface area (Å²) in [5.74, 6) is -0.185. The van der Waals surface area contributed by atoms with Gasteiger partial charge in [0.25, 0.3) is 0 Å². The molecule has 35 heavy (non-hydrogen) atoms. The van der Waals surface area contributed by atoms with Gasteiger partial charge in [-0.3, -0.25) is 4.79 Å². The van der Waals surface area contributed by atoms with Gasteiger partial charge >= 0.3 is 0 Å². The Bertz CT molecular complexity index is 1280. The Morgan fingerprint density at radius 1 is 0.886 bits per heavy atom. The number of rotatable bonds is 6. The topological polar surface area (TPSA) is 79.0 Å². The molecule has 1 N–H and O–H groups in total. The van der Waals surface area contributed by atoms with Crippen LogP contribution >= 0.6 is 0 Å². The molecule has 3 aromatic rings. The molecule has 2 saturated heterocycles. The number of piperidine rings is 1. The third-order valence-electron chi connectivity index (χ3n) is 6.96. The van der Waals surface area contributed by atoms with Crippen LogP contribution in [-0.2, 0) is 26.1 Å². The molecule has 0 saturated carbocycles. The molecule has 3 aromatic carbocycles. The van der Waals surface area contributed by atoms with Gasteiger partial charge in [0.1, 0.15) is 0 Å². The maximum absolute atomic E-state index is 13.2. The maximum atomic E-state index is 13.2. The first-order valence-electron chi connectivity index (χ1n) is 12.2. The molecule has 2 heterocycles. The highest BCUT2D eigenvalue weighted by atomic mass is 32.2. The van der Waals surface area contributed by atoms with Gasteiger partial charge in [0.15, 0.2) is 0 Å². The second-order valence-corrected chi connectivity index (χ2v) is 11.1. The number of carbonyl (C=O) groups is 1. The molecule has 1 amide bonds. The number of nitrogens with zero attached hydrogens (tertiary/aromatic N) is 2. The monoisotopic (exact) mass is 493 g/mol. The minimum Gasteiger partial charge on any atom is -0.378 e. The zero-order valence-electron chi connectivity index (χ0n) is 19.7. The molecule has 2 aliphatic heterocycles. The van der Waals surface area contributed by atoms with Gasteiger partial charge in [0.05, 0.1) is 18.1 Å². The van der Waals surface area contributed by atoms with Crippen molar-refractivity contribution in [3.05, 3.63) is 72.3 Å². The van der Waals surface area contributed by atoms with Gasteiger partial charge in [-0.2, -0.15) is 4.31 Å². The summed E-state index contributed by atoms with van der Waals surface area (Å²) in [6.45, 7) is 4.46. The van der Waals surface area contributed by atoms with E-state index in [1.807, 2.05) is 42.5 Å². The summed E-state index contributed by atoms with van der Waals surface area (Å²) in [6, 6.07) is 21.2. The van der Waals surface area contributed by atoms with Crippen molar-refractivity contribution in [2.75, 3.05) is 44.3 Å². The molecule has 5 rings (SSSR count). The first-order valence-corrected chi connectivity index (χ1v) is 13.6. The van der Waals surface area contributed by atoms with E-state index in [-0.39, 0.29) is 11.8 Å². The van der Waals surface area contributed by atoms with Crippen LogP contribution in [0.25, 0.3) is 10.8 Å². The molecule has 7 nitrogen and oxygen atoms in total. The highest BCUT2D eigenvalue weighted by Gasteiger charge is 2.32. The SMILES string of the molecule is O=C(NCc1ccc(N2CCOCC2)cc1)C1CCN(S(=O)(=O)c2ccc3ccccc3c2)CC1. The lowest BCUT2D eigenvalue weighted by atomic mass is 9.97. The van der Waals surface area contributed by atoms with E-state index in [0.29, 0.717) is 37.4 Å². The van der Waals surface area contributed by atoms with Crippen LogP contribution in [0.2, 0.25) is 0 Å². The number of anilines is 1. The average Bonchev–Trinajstić information content (AvgIpc) is 2.92. The van der Waals surface area contributed by atoms with Crippen LogP contribution in [0.4, 0.5) is 5.69 Å². The standard InChI is InChI=1S/C27H31N3O4S/c31-27(28-20-21-5-8-25(9-6-21)29-15-17-34-18-16-29)23-11-13-30(14-12-23)35(32,33)26-10-7-22-3-1-2-4-24(22)19-26/h1-10,19,23H,11-18,20H2,(H,28,31). The molecule has 2 aliphatic rings. The normalized spacial score (nSPS) is 18.0. The molecule has 8 heteroatoms. The highest BCUT2D eigenvalue weighted by molar-refractivity contribution is 7.89. The molecule has 0 atom stereocenters. The van der Waals surface area contributed by atoms with Crippen molar-refractivity contribution in [3.8, 4) is 0 Å². The number of amides is 1. The summed E-state index contributed by atoms with van der Waals surface area (Å²) in [7, 11) is -3.58. The molecular weight excluding hydrogens is 462 g/mol. The van der Waals surface area contributed by atoms with Crippen molar-refractivity contribution >= 4 is 32.4 Å². The molecule has 0 radical (unpaired) electrons. The van der Waals surface area contributed by atoms with Gasteiger partial charge in [0, 0.05) is 44.3 Å². The molecule has 0 aliphatic carbocycles. The van der Waals surface area contributed by atoms with Crippen molar-refractivity contribution in [2.45, 2.75) is 24.3 Å². The number of ether oxygens (including phenoxy) is 1. The van der Waals surface area contributed by atoms with Crippen LogP contribution in [0.1, 0.15) is 18.4 Å². The quantitative estimate of drug-likeness (QED) is 0.570. The molecule has 0 unspecified atom stereocenters. The number of morpholine rings is 1. The summed E-state index contributed by atoms with van der Waals surface area (Å²) in [4.78, 5) is 15.4. The molecule has 0 aromatic heterocycles. The molecule has 0 spiro atoms. The lowest BCUT2D eigenvalue weighted by molar-refractivity contribution is -0.126. The van der Waals surface area contributed by atoms with E-state index in [0.717, 1.165) is 42.6 Å². The lowest BCUT2D eigenvalue weighted by Gasteiger charge is -2.30. The Labute approximate surface area is 206 Å². The Morgan fingerprint density at radius 2 is 1.57 bits per heavy atom. The summed E-state index contributed by atoms with van der Waals surface area (Å²) in [6.07, 6.45) is 1.04. The number of nitrogens with one attached hydrogen (secondary N) is 1. The van der Waals surface area contributed by atoms with Crippen molar-refractivity contribution in [3.63, 3.8) is 0 Å². The van der Waals surface area contributed by atoms with Crippen LogP contribution < -0.4 is 10.2 Å². The number of carbonyl (C=O) groups excluding carboxylic acids is 1. The molecule has 184 valence electrons. The summed E-state index contributed by atoms with van der Waals surface area (Å²) in [5.41, 5.74) is 2.22. The highest BCUT2D eigenvalue weighted by Crippen LogP contribution is 2.26. The number of hydrogen-bond acceptors (Lipinski definition) is 5. The van der Waals surface area contributed by atoms with Gasteiger partial charge < -0.3 is 15.0 Å².